The summed E-state index contributed by atoms with van der Waals surface area (Å²) in [7, 11) is 3.87. The maximum atomic E-state index is 8.69. The van der Waals surface area contributed by atoms with Crippen molar-refractivity contribution in [2.75, 3.05) is 33.8 Å². The fraction of sp³-hybridized carbons (Fsp3) is 1.00. The first-order chi connectivity index (χ1) is 7.72. The quantitative estimate of drug-likeness (QED) is 0.737. The number of aliphatic hydroxyl groups excluding tert-OH is 2. The summed E-state index contributed by atoms with van der Waals surface area (Å²) in [5.74, 6) is 0. The molecule has 1 unspecified atom stereocenters. The molecular formula is C13H32N2O2. The molecule has 0 aromatic carbocycles. The Bertz CT molecular complexity index is 145. The van der Waals surface area contributed by atoms with Gasteiger partial charge in [0.1, 0.15) is 0 Å². The fourth-order valence-corrected chi connectivity index (χ4v) is 1.76. The van der Waals surface area contributed by atoms with Crippen molar-refractivity contribution in [2.45, 2.75) is 52.8 Å². The summed E-state index contributed by atoms with van der Waals surface area (Å²) in [6.07, 6.45) is -0.199. The van der Waals surface area contributed by atoms with E-state index in [2.05, 4.69) is 32.6 Å². The molecule has 0 heterocycles. The highest BCUT2D eigenvalue weighted by molar-refractivity contribution is 4.65. The van der Waals surface area contributed by atoms with Gasteiger partial charge in [0.05, 0.1) is 12.7 Å². The molecular weight excluding hydrogens is 216 g/mol. The van der Waals surface area contributed by atoms with E-state index in [0.29, 0.717) is 12.1 Å². The van der Waals surface area contributed by atoms with Gasteiger partial charge in [-0.15, -0.1) is 0 Å². The van der Waals surface area contributed by atoms with Crippen molar-refractivity contribution < 1.29 is 10.2 Å². The van der Waals surface area contributed by atoms with Gasteiger partial charge in [-0.05, 0) is 48.7 Å². The molecule has 1 atom stereocenters. The second-order valence-corrected chi connectivity index (χ2v) is 5.26. The minimum Gasteiger partial charge on any atom is -0.395 e. The van der Waals surface area contributed by atoms with Crippen molar-refractivity contribution >= 4 is 0 Å². The molecule has 106 valence electrons. The second-order valence-electron chi connectivity index (χ2n) is 5.26. The van der Waals surface area contributed by atoms with E-state index in [4.69, 9.17) is 10.2 Å². The summed E-state index contributed by atoms with van der Waals surface area (Å²) in [6.45, 7) is 12.2. The molecule has 0 spiro atoms. The zero-order chi connectivity index (χ0) is 14.0. The molecule has 0 amide bonds. The number of rotatable bonds is 6. The van der Waals surface area contributed by atoms with Gasteiger partial charge in [0.2, 0.25) is 0 Å². The minimum absolute atomic E-state index is 0.199. The highest BCUT2D eigenvalue weighted by Gasteiger charge is 2.11. The third kappa shape index (κ3) is 13.8. The van der Waals surface area contributed by atoms with E-state index in [1.165, 1.54) is 0 Å². The Kier molecular flexibility index (Phi) is 12.4. The normalized spacial score (nSPS) is 13.2. The molecule has 0 bridgehead atoms. The lowest BCUT2D eigenvalue weighted by atomic mass is 10.2. The van der Waals surface area contributed by atoms with Crippen molar-refractivity contribution in [1.29, 1.82) is 0 Å². The highest BCUT2D eigenvalue weighted by Crippen LogP contribution is 2.02. The van der Waals surface area contributed by atoms with Crippen LogP contribution in [0.3, 0.4) is 0 Å². The van der Waals surface area contributed by atoms with Gasteiger partial charge in [0.15, 0.2) is 0 Å². The second kappa shape index (κ2) is 11.0. The molecule has 0 aromatic rings. The van der Waals surface area contributed by atoms with Crippen LogP contribution in [0.25, 0.3) is 0 Å². The van der Waals surface area contributed by atoms with Crippen LogP contribution in [0.5, 0.6) is 0 Å². The summed E-state index contributed by atoms with van der Waals surface area (Å²) in [5, 5.41) is 17.4. The van der Waals surface area contributed by atoms with Crippen LogP contribution >= 0.6 is 0 Å². The van der Waals surface area contributed by atoms with E-state index < -0.39 is 0 Å². The molecule has 0 aliphatic rings. The van der Waals surface area contributed by atoms with E-state index in [0.717, 1.165) is 13.1 Å². The average Bonchev–Trinajstić information content (AvgIpc) is 2.11. The Hall–Kier alpha value is -0.160. The van der Waals surface area contributed by atoms with Crippen LogP contribution in [0.2, 0.25) is 0 Å². The van der Waals surface area contributed by atoms with Crippen LogP contribution in [0.1, 0.15) is 34.6 Å². The van der Waals surface area contributed by atoms with Crippen LogP contribution in [-0.4, -0.2) is 72.0 Å². The van der Waals surface area contributed by atoms with Gasteiger partial charge in [-0.1, -0.05) is 0 Å². The predicted molar refractivity (Wildman–Crippen MR) is 74.3 cm³/mol. The third-order valence-corrected chi connectivity index (χ3v) is 2.31. The van der Waals surface area contributed by atoms with Crippen LogP contribution in [0, 0.1) is 0 Å². The lowest BCUT2D eigenvalue weighted by Crippen LogP contribution is -2.38. The molecule has 0 fully saturated rings. The standard InChI is InChI=1S/C8H19NO.C5H13NO/c1-7(2)9(5-6-10)8(3)4;1-5(7)4-6(2)3/h7-8,10H,5-6H2,1-4H3;5,7H,4H2,1-3H3. The average molecular weight is 248 g/mol. The van der Waals surface area contributed by atoms with Gasteiger partial charge in [0.25, 0.3) is 0 Å². The van der Waals surface area contributed by atoms with Crippen molar-refractivity contribution in [3.63, 3.8) is 0 Å². The number of aliphatic hydroxyl groups is 2. The van der Waals surface area contributed by atoms with Crippen molar-refractivity contribution in [2.24, 2.45) is 0 Å². The Labute approximate surface area is 107 Å². The lowest BCUT2D eigenvalue weighted by Gasteiger charge is -2.29. The Balaban J connectivity index is 0. The van der Waals surface area contributed by atoms with E-state index in [1.807, 2.05) is 19.0 Å². The summed E-state index contributed by atoms with van der Waals surface area (Å²) in [4.78, 5) is 4.21. The summed E-state index contributed by atoms with van der Waals surface area (Å²) >= 11 is 0. The van der Waals surface area contributed by atoms with Crippen molar-refractivity contribution in [1.82, 2.24) is 9.80 Å². The van der Waals surface area contributed by atoms with Gasteiger partial charge in [-0.3, -0.25) is 4.90 Å². The van der Waals surface area contributed by atoms with Gasteiger partial charge in [0, 0.05) is 25.2 Å². The Morgan fingerprint density at radius 1 is 0.941 bits per heavy atom. The lowest BCUT2D eigenvalue weighted by molar-refractivity contribution is 0.134. The number of likely N-dealkylation sites (N-methyl/N-ethyl adjacent to an activating group) is 1. The fourth-order valence-electron chi connectivity index (χ4n) is 1.76. The van der Waals surface area contributed by atoms with Gasteiger partial charge >= 0.3 is 0 Å². The van der Waals surface area contributed by atoms with E-state index >= 15 is 0 Å². The van der Waals surface area contributed by atoms with Gasteiger partial charge in [-0.25, -0.2) is 0 Å². The summed E-state index contributed by atoms with van der Waals surface area (Å²) in [5.41, 5.74) is 0. The number of hydrogen-bond donors (Lipinski definition) is 2. The molecule has 0 saturated carbocycles. The maximum absolute atomic E-state index is 8.69. The smallest absolute Gasteiger partial charge is 0.0638 e. The minimum atomic E-state index is -0.199. The van der Waals surface area contributed by atoms with Crippen LogP contribution in [0.4, 0.5) is 0 Å². The van der Waals surface area contributed by atoms with Crippen molar-refractivity contribution in [3.05, 3.63) is 0 Å². The maximum Gasteiger partial charge on any atom is 0.0638 e. The SMILES string of the molecule is CC(C)N(CCO)C(C)C.CC(O)CN(C)C. The van der Waals surface area contributed by atoms with Gasteiger partial charge in [-0.2, -0.15) is 0 Å². The highest BCUT2D eigenvalue weighted by atomic mass is 16.3. The van der Waals surface area contributed by atoms with E-state index in [1.54, 1.807) is 6.92 Å². The van der Waals surface area contributed by atoms with Gasteiger partial charge < -0.3 is 15.1 Å². The summed E-state index contributed by atoms with van der Waals surface area (Å²) < 4.78 is 0. The number of nitrogens with zero attached hydrogens (tertiary/aromatic N) is 2. The molecule has 2 N–H and O–H groups in total. The third-order valence-electron chi connectivity index (χ3n) is 2.31. The first-order valence-corrected chi connectivity index (χ1v) is 6.41. The van der Waals surface area contributed by atoms with Crippen molar-refractivity contribution in [3.8, 4) is 0 Å². The largest absolute Gasteiger partial charge is 0.395 e. The molecule has 0 saturated heterocycles. The van der Waals surface area contributed by atoms with E-state index in [-0.39, 0.29) is 12.7 Å². The van der Waals surface area contributed by atoms with Crippen LogP contribution < -0.4 is 0 Å². The predicted octanol–water partition coefficient (Wildman–Crippen LogP) is 1.03. The topological polar surface area (TPSA) is 46.9 Å². The molecule has 0 rings (SSSR count). The molecule has 17 heavy (non-hydrogen) atoms. The van der Waals surface area contributed by atoms with E-state index in [9.17, 15) is 0 Å². The summed E-state index contributed by atoms with van der Waals surface area (Å²) in [6, 6.07) is 1.07. The Morgan fingerprint density at radius 3 is 1.41 bits per heavy atom. The molecule has 0 aliphatic carbocycles. The zero-order valence-corrected chi connectivity index (χ0v) is 12.6. The molecule has 4 nitrogen and oxygen atoms in total. The molecule has 4 heteroatoms. The molecule has 0 aliphatic heterocycles. The van der Waals surface area contributed by atoms with Crippen LogP contribution in [-0.2, 0) is 0 Å². The van der Waals surface area contributed by atoms with Crippen LogP contribution in [0.15, 0.2) is 0 Å². The number of hydrogen-bond acceptors (Lipinski definition) is 4. The first-order valence-electron chi connectivity index (χ1n) is 6.41. The monoisotopic (exact) mass is 248 g/mol. The zero-order valence-electron chi connectivity index (χ0n) is 12.6. The molecule has 0 aromatic heterocycles. The Morgan fingerprint density at radius 2 is 1.35 bits per heavy atom. The molecule has 0 radical (unpaired) electrons. The first kappa shape index (κ1) is 19.2.